The van der Waals surface area contributed by atoms with Gasteiger partial charge < -0.3 is 9.88 Å². The van der Waals surface area contributed by atoms with Crippen molar-refractivity contribution in [1.29, 1.82) is 0 Å². The highest BCUT2D eigenvalue weighted by atomic mass is 35.5. The number of hydrogen-bond acceptors (Lipinski definition) is 1. The summed E-state index contributed by atoms with van der Waals surface area (Å²) in [5, 5.41) is 4.19. The largest absolute Gasteiger partial charge is 0.379 e. The fourth-order valence-corrected chi connectivity index (χ4v) is 2.06. The Labute approximate surface area is 107 Å². The molecule has 0 saturated heterocycles. The third-order valence-electron chi connectivity index (χ3n) is 2.92. The first kappa shape index (κ1) is 12.1. The van der Waals surface area contributed by atoms with Crippen LogP contribution in [0.1, 0.15) is 18.2 Å². The van der Waals surface area contributed by atoms with Crippen LogP contribution in [0.25, 0.3) is 0 Å². The molecule has 2 rings (SSSR count). The van der Waals surface area contributed by atoms with Gasteiger partial charge in [0.15, 0.2) is 0 Å². The number of hydrogen-bond donors (Lipinski definition) is 1. The molecule has 1 aromatic carbocycles. The number of nitrogens with zero attached hydrogens (tertiary/aromatic N) is 1. The molecule has 0 saturated carbocycles. The first-order valence-electron chi connectivity index (χ1n) is 5.84. The highest BCUT2D eigenvalue weighted by Gasteiger charge is 2.02. The van der Waals surface area contributed by atoms with E-state index >= 15 is 0 Å². The Morgan fingerprint density at radius 1 is 1.29 bits per heavy atom. The Bertz CT molecular complexity index is 503. The quantitative estimate of drug-likeness (QED) is 0.863. The Kier molecular flexibility index (Phi) is 3.75. The van der Waals surface area contributed by atoms with E-state index in [0.29, 0.717) is 0 Å². The molecule has 0 bridgehead atoms. The SMILES string of the molecule is CCn1cccc1CNc1cc(Cl)ccc1C. The van der Waals surface area contributed by atoms with Crippen molar-refractivity contribution in [2.75, 3.05) is 5.32 Å². The summed E-state index contributed by atoms with van der Waals surface area (Å²) in [5.41, 5.74) is 3.59. The predicted octanol–water partition coefficient (Wildman–Crippen LogP) is 4.08. The minimum atomic E-state index is 0.768. The number of anilines is 1. The first-order chi connectivity index (χ1) is 8.20. The number of halogens is 1. The van der Waals surface area contributed by atoms with E-state index in [2.05, 4.69) is 42.1 Å². The van der Waals surface area contributed by atoms with Gasteiger partial charge in [-0.3, -0.25) is 0 Å². The Morgan fingerprint density at radius 2 is 2.12 bits per heavy atom. The molecule has 0 amide bonds. The molecular weight excluding hydrogens is 232 g/mol. The van der Waals surface area contributed by atoms with Crippen molar-refractivity contribution in [2.45, 2.75) is 26.9 Å². The van der Waals surface area contributed by atoms with Crippen LogP contribution in [0.2, 0.25) is 5.02 Å². The monoisotopic (exact) mass is 248 g/mol. The summed E-state index contributed by atoms with van der Waals surface area (Å²) in [6, 6.07) is 10.1. The van der Waals surface area contributed by atoms with Crippen molar-refractivity contribution in [1.82, 2.24) is 4.57 Å². The fraction of sp³-hybridized carbons (Fsp3) is 0.286. The molecule has 1 N–H and O–H groups in total. The van der Waals surface area contributed by atoms with Crippen LogP contribution in [0.15, 0.2) is 36.5 Å². The summed E-state index contributed by atoms with van der Waals surface area (Å²) >= 11 is 5.99. The Morgan fingerprint density at radius 3 is 2.88 bits per heavy atom. The van der Waals surface area contributed by atoms with E-state index in [1.165, 1.54) is 11.3 Å². The summed E-state index contributed by atoms with van der Waals surface area (Å²) in [6.45, 7) is 6.05. The van der Waals surface area contributed by atoms with Gasteiger partial charge in [0, 0.05) is 29.1 Å². The molecule has 0 spiro atoms. The molecule has 0 radical (unpaired) electrons. The van der Waals surface area contributed by atoms with Gasteiger partial charge in [0.05, 0.1) is 6.54 Å². The molecule has 0 aliphatic carbocycles. The molecule has 1 heterocycles. The van der Waals surface area contributed by atoms with Crippen molar-refractivity contribution < 1.29 is 0 Å². The molecule has 0 fully saturated rings. The molecule has 3 heteroatoms. The summed E-state index contributed by atoms with van der Waals surface area (Å²) < 4.78 is 2.23. The van der Waals surface area contributed by atoms with Gasteiger partial charge in [0.1, 0.15) is 0 Å². The number of benzene rings is 1. The zero-order valence-electron chi connectivity index (χ0n) is 10.2. The van der Waals surface area contributed by atoms with Gasteiger partial charge in [0.25, 0.3) is 0 Å². The van der Waals surface area contributed by atoms with E-state index < -0.39 is 0 Å². The van der Waals surface area contributed by atoms with E-state index in [-0.39, 0.29) is 0 Å². The topological polar surface area (TPSA) is 17.0 Å². The third kappa shape index (κ3) is 2.83. The minimum absolute atomic E-state index is 0.768. The summed E-state index contributed by atoms with van der Waals surface area (Å²) in [7, 11) is 0. The number of nitrogens with one attached hydrogen (secondary N) is 1. The molecule has 2 aromatic rings. The van der Waals surface area contributed by atoms with Crippen LogP contribution in [0.4, 0.5) is 5.69 Å². The van der Waals surface area contributed by atoms with Crippen molar-refractivity contribution in [3.8, 4) is 0 Å². The van der Waals surface area contributed by atoms with Crippen molar-refractivity contribution >= 4 is 17.3 Å². The lowest BCUT2D eigenvalue weighted by Gasteiger charge is -2.11. The van der Waals surface area contributed by atoms with Crippen molar-refractivity contribution in [3.05, 3.63) is 52.8 Å². The molecule has 0 aliphatic rings. The maximum Gasteiger partial charge on any atom is 0.0553 e. The van der Waals surface area contributed by atoms with Gasteiger partial charge in [-0.2, -0.15) is 0 Å². The van der Waals surface area contributed by atoms with Gasteiger partial charge in [0.2, 0.25) is 0 Å². The van der Waals surface area contributed by atoms with E-state index in [1.54, 1.807) is 0 Å². The maximum atomic E-state index is 5.99. The Balaban J connectivity index is 2.09. The van der Waals surface area contributed by atoms with Crippen LogP contribution in [0.3, 0.4) is 0 Å². The van der Waals surface area contributed by atoms with Crippen LogP contribution in [-0.2, 0) is 13.1 Å². The van der Waals surface area contributed by atoms with Crippen molar-refractivity contribution in [2.24, 2.45) is 0 Å². The third-order valence-corrected chi connectivity index (χ3v) is 3.16. The van der Waals surface area contributed by atoms with E-state index in [1.807, 2.05) is 18.2 Å². The van der Waals surface area contributed by atoms with Crippen LogP contribution in [0.5, 0.6) is 0 Å². The Hall–Kier alpha value is -1.41. The predicted molar refractivity (Wildman–Crippen MR) is 73.6 cm³/mol. The molecule has 1 aromatic heterocycles. The average Bonchev–Trinajstić information content (AvgIpc) is 2.77. The summed E-state index contributed by atoms with van der Waals surface area (Å²) in [5.74, 6) is 0. The molecule has 0 aliphatic heterocycles. The number of aryl methyl sites for hydroxylation is 2. The number of rotatable bonds is 4. The lowest BCUT2D eigenvalue weighted by molar-refractivity contribution is 0.724. The van der Waals surface area contributed by atoms with E-state index in [0.717, 1.165) is 23.8 Å². The maximum absolute atomic E-state index is 5.99. The lowest BCUT2D eigenvalue weighted by Crippen LogP contribution is -2.06. The second-order valence-electron chi connectivity index (χ2n) is 4.10. The minimum Gasteiger partial charge on any atom is -0.379 e. The number of aromatic nitrogens is 1. The van der Waals surface area contributed by atoms with Crippen molar-refractivity contribution in [3.63, 3.8) is 0 Å². The van der Waals surface area contributed by atoms with Gasteiger partial charge in [-0.1, -0.05) is 17.7 Å². The molecule has 0 atom stereocenters. The summed E-state index contributed by atoms with van der Waals surface area (Å²) in [6.07, 6.45) is 2.10. The average molecular weight is 249 g/mol. The normalized spacial score (nSPS) is 10.5. The standard InChI is InChI=1S/C14H17ClN2/c1-3-17-8-4-5-13(17)10-16-14-9-12(15)7-6-11(14)2/h4-9,16H,3,10H2,1-2H3. The molecule has 90 valence electrons. The van der Waals surface area contributed by atoms with Gasteiger partial charge in [-0.05, 0) is 43.7 Å². The zero-order chi connectivity index (χ0) is 12.3. The molecule has 0 unspecified atom stereocenters. The second kappa shape index (κ2) is 5.28. The zero-order valence-corrected chi connectivity index (χ0v) is 11.0. The smallest absolute Gasteiger partial charge is 0.0553 e. The van der Waals surface area contributed by atoms with Crippen LogP contribution < -0.4 is 5.32 Å². The molecular formula is C14H17ClN2. The highest BCUT2D eigenvalue weighted by Crippen LogP contribution is 2.20. The first-order valence-corrected chi connectivity index (χ1v) is 6.22. The van der Waals surface area contributed by atoms with E-state index in [9.17, 15) is 0 Å². The molecule has 2 nitrogen and oxygen atoms in total. The van der Waals surface area contributed by atoms with E-state index in [4.69, 9.17) is 11.6 Å². The fourth-order valence-electron chi connectivity index (χ4n) is 1.89. The lowest BCUT2D eigenvalue weighted by atomic mass is 10.2. The summed E-state index contributed by atoms with van der Waals surface area (Å²) in [4.78, 5) is 0. The van der Waals surface area contributed by atoms with Crippen LogP contribution in [0, 0.1) is 6.92 Å². The van der Waals surface area contributed by atoms with Gasteiger partial charge in [-0.25, -0.2) is 0 Å². The molecule has 17 heavy (non-hydrogen) atoms. The highest BCUT2D eigenvalue weighted by molar-refractivity contribution is 6.30. The van der Waals surface area contributed by atoms with Gasteiger partial charge in [-0.15, -0.1) is 0 Å². The second-order valence-corrected chi connectivity index (χ2v) is 4.53. The van der Waals surface area contributed by atoms with Crippen LogP contribution in [-0.4, -0.2) is 4.57 Å². The van der Waals surface area contributed by atoms with Crippen LogP contribution >= 0.6 is 11.6 Å². The van der Waals surface area contributed by atoms with Gasteiger partial charge >= 0.3 is 0 Å².